The van der Waals surface area contributed by atoms with Crippen molar-refractivity contribution in [2.75, 3.05) is 13.2 Å². The highest BCUT2D eigenvalue weighted by Crippen LogP contribution is 2.23. The standard InChI is InChI=1S/C41H79NO8/c1-3-5-7-9-11-13-15-16-17-18-19-21-22-24-26-28-30-35(44)34(33-49-41-40(48)39(47)38(46)36(32-43)50-41)42-37(45)31-29-27-25-23-20-14-12-10-8-6-4-2/h21-22,34-36,38-41,43-44,46-48H,3-20,23-33H2,1-2H3,(H,42,45)/b22-21+/t34-,35+,36+,38+,39?,40?,41+/m0/s1. The van der Waals surface area contributed by atoms with E-state index in [0.29, 0.717) is 12.8 Å². The lowest BCUT2D eigenvalue weighted by Gasteiger charge is -2.40. The van der Waals surface area contributed by atoms with E-state index in [1.807, 2.05) is 0 Å². The molecule has 0 aromatic rings. The number of allylic oxidation sites excluding steroid dienone is 2. The fraction of sp³-hybridized carbons (Fsp3) is 0.927. The number of amides is 1. The Morgan fingerprint density at radius 1 is 0.660 bits per heavy atom. The molecule has 0 spiro atoms. The Morgan fingerprint density at radius 3 is 1.62 bits per heavy atom. The zero-order valence-electron chi connectivity index (χ0n) is 32.2. The third-order valence-corrected chi connectivity index (χ3v) is 10.1. The van der Waals surface area contributed by atoms with Crippen LogP contribution in [0.25, 0.3) is 0 Å². The molecular weight excluding hydrogens is 634 g/mol. The van der Waals surface area contributed by atoms with Crippen LogP contribution in [0.4, 0.5) is 0 Å². The van der Waals surface area contributed by atoms with Gasteiger partial charge in [0.2, 0.25) is 5.91 Å². The van der Waals surface area contributed by atoms with Gasteiger partial charge < -0.3 is 40.3 Å². The van der Waals surface area contributed by atoms with Crippen LogP contribution in [0.5, 0.6) is 0 Å². The van der Waals surface area contributed by atoms with Crippen LogP contribution < -0.4 is 5.32 Å². The topological polar surface area (TPSA) is 149 Å². The van der Waals surface area contributed by atoms with Crippen LogP contribution in [0.2, 0.25) is 0 Å². The summed E-state index contributed by atoms with van der Waals surface area (Å²) in [7, 11) is 0. The first kappa shape index (κ1) is 47.0. The van der Waals surface area contributed by atoms with Crippen LogP contribution in [0.3, 0.4) is 0 Å². The van der Waals surface area contributed by atoms with E-state index in [4.69, 9.17) is 9.47 Å². The molecule has 0 aromatic heterocycles. The highest BCUT2D eigenvalue weighted by atomic mass is 16.7. The van der Waals surface area contributed by atoms with E-state index in [0.717, 1.165) is 44.9 Å². The molecule has 0 aliphatic carbocycles. The molecular formula is C41H79NO8. The number of carbonyl (C=O) groups is 1. The molecule has 0 bridgehead atoms. The lowest BCUT2D eigenvalue weighted by atomic mass is 9.99. The molecule has 1 heterocycles. The van der Waals surface area contributed by atoms with Gasteiger partial charge in [-0.25, -0.2) is 0 Å². The maximum atomic E-state index is 12.9. The maximum Gasteiger partial charge on any atom is 0.220 e. The number of hydrogen-bond acceptors (Lipinski definition) is 8. The molecule has 50 heavy (non-hydrogen) atoms. The zero-order chi connectivity index (χ0) is 36.7. The van der Waals surface area contributed by atoms with Crippen LogP contribution in [0.1, 0.15) is 187 Å². The van der Waals surface area contributed by atoms with Crippen molar-refractivity contribution in [3.63, 3.8) is 0 Å². The lowest BCUT2D eigenvalue weighted by Crippen LogP contribution is -2.60. The molecule has 0 aromatic carbocycles. The molecule has 0 saturated carbocycles. The highest BCUT2D eigenvalue weighted by Gasteiger charge is 2.44. The Labute approximate surface area is 306 Å². The van der Waals surface area contributed by atoms with Gasteiger partial charge in [-0.1, -0.05) is 154 Å². The Balaban J connectivity index is 2.40. The second kappa shape index (κ2) is 32.6. The molecule has 0 radical (unpaired) electrons. The van der Waals surface area contributed by atoms with E-state index in [1.54, 1.807) is 0 Å². The number of nitrogens with one attached hydrogen (secondary N) is 1. The van der Waals surface area contributed by atoms with Crippen molar-refractivity contribution < 1.29 is 39.8 Å². The molecule has 9 nitrogen and oxygen atoms in total. The van der Waals surface area contributed by atoms with E-state index >= 15 is 0 Å². The summed E-state index contributed by atoms with van der Waals surface area (Å²) < 4.78 is 11.2. The fourth-order valence-corrected chi connectivity index (χ4v) is 6.68. The summed E-state index contributed by atoms with van der Waals surface area (Å²) in [6.45, 7) is 3.80. The van der Waals surface area contributed by atoms with Gasteiger partial charge in [-0.2, -0.15) is 0 Å². The predicted molar refractivity (Wildman–Crippen MR) is 203 cm³/mol. The summed E-state index contributed by atoms with van der Waals surface area (Å²) >= 11 is 0. The molecule has 1 fully saturated rings. The van der Waals surface area contributed by atoms with Gasteiger partial charge in [0.1, 0.15) is 24.4 Å². The van der Waals surface area contributed by atoms with Crippen molar-refractivity contribution in [3.8, 4) is 0 Å². The quantitative estimate of drug-likeness (QED) is 0.0293. The van der Waals surface area contributed by atoms with Gasteiger partial charge in [0.05, 0.1) is 25.4 Å². The Bertz CT molecular complexity index is 797. The van der Waals surface area contributed by atoms with Crippen LogP contribution in [0.15, 0.2) is 12.2 Å². The summed E-state index contributed by atoms with van der Waals surface area (Å²) in [6.07, 6.45) is 27.9. The molecule has 1 amide bonds. The third kappa shape index (κ3) is 23.5. The minimum Gasteiger partial charge on any atom is -0.394 e. The second-order valence-corrected chi connectivity index (χ2v) is 14.8. The summed E-state index contributed by atoms with van der Waals surface area (Å²) in [5, 5.41) is 54.1. The molecule has 1 saturated heterocycles. The van der Waals surface area contributed by atoms with Crippen LogP contribution in [-0.2, 0) is 14.3 Å². The number of rotatable bonds is 34. The predicted octanol–water partition coefficient (Wildman–Crippen LogP) is 7.78. The lowest BCUT2D eigenvalue weighted by molar-refractivity contribution is -0.302. The van der Waals surface area contributed by atoms with Crippen LogP contribution in [0, 0.1) is 0 Å². The van der Waals surface area contributed by atoms with Gasteiger partial charge in [0, 0.05) is 6.42 Å². The Hall–Kier alpha value is -1.07. The normalized spacial score (nSPS) is 22.3. The number of hydrogen-bond donors (Lipinski definition) is 6. The van der Waals surface area contributed by atoms with Gasteiger partial charge >= 0.3 is 0 Å². The molecule has 2 unspecified atom stereocenters. The molecule has 1 aliphatic rings. The van der Waals surface area contributed by atoms with Crippen molar-refractivity contribution in [1.29, 1.82) is 0 Å². The molecule has 1 aliphatic heterocycles. The van der Waals surface area contributed by atoms with E-state index < -0.39 is 49.5 Å². The van der Waals surface area contributed by atoms with Gasteiger partial charge in [0.15, 0.2) is 6.29 Å². The van der Waals surface area contributed by atoms with Crippen LogP contribution >= 0.6 is 0 Å². The first-order chi connectivity index (χ1) is 24.3. The average Bonchev–Trinajstić information content (AvgIpc) is 3.11. The monoisotopic (exact) mass is 714 g/mol. The number of carbonyl (C=O) groups excluding carboxylic acids is 1. The van der Waals surface area contributed by atoms with E-state index in [1.165, 1.54) is 116 Å². The number of ether oxygens (including phenoxy) is 2. The number of unbranched alkanes of at least 4 members (excludes halogenated alkanes) is 22. The molecule has 1 rings (SSSR count). The molecule has 296 valence electrons. The highest BCUT2D eigenvalue weighted by molar-refractivity contribution is 5.76. The Morgan fingerprint density at radius 2 is 1.12 bits per heavy atom. The third-order valence-electron chi connectivity index (χ3n) is 10.1. The SMILES string of the molecule is CCCCCCCCCCCC/C=C/CCCC[C@@H](O)[C@H](CO[C@@H]1O[C@H](CO)[C@@H](O)C(O)C1O)NC(=O)CCCCCCCCCCCCC. The second-order valence-electron chi connectivity index (χ2n) is 14.8. The van der Waals surface area contributed by atoms with E-state index in [2.05, 4.69) is 31.3 Å². The van der Waals surface area contributed by atoms with Crippen molar-refractivity contribution in [2.45, 2.75) is 230 Å². The largest absolute Gasteiger partial charge is 0.394 e. The average molecular weight is 714 g/mol. The number of aliphatic hydroxyl groups excluding tert-OH is 5. The minimum absolute atomic E-state index is 0.146. The van der Waals surface area contributed by atoms with Crippen molar-refractivity contribution in [3.05, 3.63) is 12.2 Å². The fourth-order valence-electron chi connectivity index (χ4n) is 6.68. The molecule has 6 N–H and O–H groups in total. The molecule has 9 heteroatoms. The minimum atomic E-state index is -1.55. The van der Waals surface area contributed by atoms with Crippen molar-refractivity contribution >= 4 is 5.91 Å². The Kier molecular flexibility index (Phi) is 30.6. The summed E-state index contributed by atoms with van der Waals surface area (Å²) in [4.78, 5) is 12.9. The van der Waals surface area contributed by atoms with Gasteiger partial charge in [-0.15, -0.1) is 0 Å². The van der Waals surface area contributed by atoms with Gasteiger partial charge in [-0.05, 0) is 38.5 Å². The van der Waals surface area contributed by atoms with Gasteiger partial charge in [0.25, 0.3) is 0 Å². The smallest absolute Gasteiger partial charge is 0.220 e. The zero-order valence-corrected chi connectivity index (χ0v) is 32.2. The first-order valence-corrected chi connectivity index (χ1v) is 20.9. The van der Waals surface area contributed by atoms with E-state index in [-0.39, 0.29) is 12.5 Å². The van der Waals surface area contributed by atoms with Gasteiger partial charge in [-0.3, -0.25) is 4.79 Å². The van der Waals surface area contributed by atoms with Crippen LogP contribution in [-0.4, -0.2) is 87.5 Å². The summed E-state index contributed by atoms with van der Waals surface area (Å²) in [5.74, 6) is -0.155. The van der Waals surface area contributed by atoms with E-state index in [9.17, 15) is 30.3 Å². The summed E-state index contributed by atoms with van der Waals surface area (Å²) in [6, 6.07) is -0.727. The van der Waals surface area contributed by atoms with Crippen molar-refractivity contribution in [1.82, 2.24) is 5.32 Å². The maximum absolute atomic E-state index is 12.9. The first-order valence-electron chi connectivity index (χ1n) is 20.9. The number of aliphatic hydroxyl groups is 5. The molecule has 7 atom stereocenters. The summed E-state index contributed by atoms with van der Waals surface area (Å²) in [5.41, 5.74) is 0. The van der Waals surface area contributed by atoms with Crippen molar-refractivity contribution in [2.24, 2.45) is 0 Å².